The summed E-state index contributed by atoms with van der Waals surface area (Å²) >= 11 is 0. The highest BCUT2D eigenvalue weighted by atomic mass is 14.2. The molecule has 0 aliphatic rings. The summed E-state index contributed by atoms with van der Waals surface area (Å²) in [5, 5.41) is 8.41. The first kappa shape index (κ1) is 8.55. The molecule has 0 aliphatic heterocycles. The third-order valence-electron chi connectivity index (χ3n) is 1.56. The molecule has 0 atom stereocenters. The van der Waals surface area contributed by atoms with Gasteiger partial charge in [0.1, 0.15) is 0 Å². The maximum absolute atomic E-state index is 8.41. The molecule has 1 heteroatoms. The average Bonchev–Trinajstić information content (AvgIpc) is 2.06. The lowest BCUT2D eigenvalue weighted by atomic mass is 10.1. The van der Waals surface area contributed by atoms with Crippen molar-refractivity contribution in [1.29, 1.82) is 5.26 Å². The number of hydrogen-bond donors (Lipinski definition) is 0. The number of hydrogen-bond acceptors (Lipinski definition) is 1. The van der Waals surface area contributed by atoms with Gasteiger partial charge in [0.25, 0.3) is 0 Å². The van der Waals surface area contributed by atoms with Crippen molar-refractivity contribution in [2.75, 3.05) is 0 Å². The van der Waals surface area contributed by atoms with Crippen LogP contribution in [0.5, 0.6) is 0 Å². The molecule has 1 radical (unpaired) electrons. The van der Waals surface area contributed by atoms with Crippen molar-refractivity contribution in [3.8, 4) is 6.07 Å². The van der Waals surface area contributed by atoms with Gasteiger partial charge in [0.05, 0.1) is 12.5 Å². The van der Waals surface area contributed by atoms with Gasteiger partial charge in [-0.05, 0) is 17.5 Å². The fourth-order valence-corrected chi connectivity index (χ4v) is 1.05. The van der Waals surface area contributed by atoms with Gasteiger partial charge in [-0.15, -0.1) is 6.58 Å². The number of nitrogens with zero attached hydrogens (tertiary/aromatic N) is 1. The Morgan fingerprint density at radius 2 is 2.33 bits per heavy atom. The Bertz CT molecular complexity index is 307. The van der Waals surface area contributed by atoms with Crippen molar-refractivity contribution >= 4 is 0 Å². The Morgan fingerprint density at radius 3 is 3.00 bits per heavy atom. The maximum atomic E-state index is 8.41. The number of allylic oxidation sites excluding steroid dienone is 1. The summed E-state index contributed by atoms with van der Waals surface area (Å²) in [6, 6.07) is 9.88. The highest BCUT2D eigenvalue weighted by molar-refractivity contribution is 5.33. The molecule has 0 heterocycles. The molecule has 1 aromatic rings. The van der Waals surface area contributed by atoms with E-state index in [1.54, 1.807) is 0 Å². The van der Waals surface area contributed by atoms with Gasteiger partial charge in [0, 0.05) is 0 Å². The quantitative estimate of drug-likeness (QED) is 0.617. The van der Waals surface area contributed by atoms with E-state index in [1.807, 2.05) is 36.4 Å². The van der Waals surface area contributed by atoms with Crippen LogP contribution in [-0.2, 0) is 6.42 Å². The molecular formula is C11H10N. The summed E-state index contributed by atoms with van der Waals surface area (Å²) in [6.45, 7) is 3.66. The van der Waals surface area contributed by atoms with Gasteiger partial charge in [-0.3, -0.25) is 0 Å². The van der Waals surface area contributed by atoms with E-state index >= 15 is 0 Å². The largest absolute Gasteiger partial charge is 0.198 e. The van der Waals surface area contributed by atoms with Crippen LogP contribution >= 0.6 is 0 Å². The lowest BCUT2D eigenvalue weighted by Gasteiger charge is -1.97. The minimum atomic E-state index is 0.854. The van der Waals surface area contributed by atoms with Gasteiger partial charge in [-0.1, -0.05) is 30.3 Å². The van der Waals surface area contributed by atoms with E-state index in [-0.39, 0.29) is 0 Å². The Labute approximate surface area is 73.0 Å². The highest BCUT2D eigenvalue weighted by Crippen LogP contribution is 2.07. The lowest BCUT2D eigenvalue weighted by Crippen LogP contribution is -1.83. The molecule has 0 amide bonds. The van der Waals surface area contributed by atoms with Crippen LogP contribution in [0.1, 0.15) is 11.1 Å². The van der Waals surface area contributed by atoms with Crippen LogP contribution in [0.15, 0.2) is 36.9 Å². The smallest absolute Gasteiger partial charge is 0.0912 e. The Kier molecular flexibility index (Phi) is 3.10. The first-order valence-electron chi connectivity index (χ1n) is 3.79. The van der Waals surface area contributed by atoms with Crippen molar-refractivity contribution in [3.63, 3.8) is 0 Å². The second-order valence-corrected chi connectivity index (χ2v) is 2.51. The van der Waals surface area contributed by atoms with Gasteiger partial charge in [-0.2, -0.15) is 5.26 Å². The molecule has 0 aromatic heterocycles. The minimum Gasteiger partial charge on any atom is -0.198 e. The molecule has 0 saturated carbocycles. The van der Waals surface area contributed by atoms with Gasteiger partial charge >= 0.3 is 0 Å². The summed E-state index contributed by atoms with van der Waals surface area (Å²) < 4.78 is 0. The van der Waals surface area contributed by atoms with E-state index in [4.69, 9.17) is 5.26 Å². The molecule has 1 nitrogen and oxygen atoms in total. The Morgan fingerprint density at radius 1 is 1.50 bits per heavy atom. The molecule has 1 rings (SSSR count). The summed E-state index contributed by atoms with van der Waals surface area (Å²) in [4.78, 5) is 0. The highest BCUT2D eigenvalue weighted by Gasteiger charge is 1.93. The molecule has 12 heavy (non-hydrogen) atoms. The van der Waals surface area contributed by atoms with Crippen molar-refractivity contribution in [3.05, 3.63) is 54.5 Å². The van der Waals surface area contributed by atoms with Crippen LogP contribution in [0.25, 0.3) is 0 Å². The van der Waals surface area contributed by atoms with Crippen molar-refractivity contribution in [2.45, 2.75) is 6.42 Å². The second kappa shape index (κ2) is 4.35. The number of benzene rings is 1. The van der Waals surface area contributed by atoms with Crippen molar-refractivity contribution in [1.82, 2.24) is 0 Å². The summed E-state index contributed by atoms with van der Waals surface area (Å²) in [5.74, 6) is 0. The minimum absolute atomic E-state index is 0.854. The summed E-state index contributed by atoms with van der Waals surface area (Å²) in [6.07, 6.45) is 4.24. The third-order valence-corrected chi connectivity index (χ3v) is 1.56. The van der Waals surface area contributed by atoms with E-state index in [1.165, 1.54) is 12.0 Å². The van der Waals surface area contributed by atoms with Gasteiger partial charge in [-0.25, -0.2) is 0 Å². The third kappa shape index (κ3) is 2.25. The van der Waals surface area contributed by atoms with Gasteiger partial charge in [0.2, 0.25) is 0 Å². The zero-order valence-electron chi connectivity index (χ0n) is 6.83. The second-order valence-electron chi connectivity index (χ2n) is 2.51. The fourth-order valence-electron chi connectivity index (χ4n) is 1.05. The van der Waals surface area contributed by atoms with Crippen LogP contribution in [-0.4, -0.2) is 0 Å². The zero-order valence-corrected chi connectivity index (χ0v) is 6.83. The predicted molar refractivity (Wildman–Crippen MR) is 49.4 cm³/mol. The van der Waals surface area contributed by atoms with Crippen LogP contribution < -0.4 is 0 Å². The molecule has 0 fully saturated rings. The first-order valence-corrected chi connectivity index (χ1v) is 3.79. The Hall–Kier alpha value is -1.55. The summed E-state index contributed by atoms with van der Waals surface area (Å²) in [7, 11) is 0. The molecular weight excluding hydrogens is 146 g/mol. The Balaban J connectivity index is 2.81. The number of rotatable bonds is 3. The number of nitriles is 1. The molecule has 1 aromatic carbocycles. The van der Waals surface area contributed by atoms with Gasteiger partial charge < -0.3 is 0 Å². The molecule has 0 unspecified atom stereocenters. The van der Waals surface area contributed by atoms with Crippen LogP contribution in [0.4, 0.5) is 0 Å². The van der Waals surface area contributed by atoms with Crippen molar-refractivity contribution < 1.29 is 0 Å². The molecule has 0 saturated heterocycles. The predicted octanol–water partition coefficient (Wildman–Crippen LogP) is 2.49. The average molecular weight is 156 g/mol. The first-order chi connectivity index (χ1) is 5.86. The molecule has 0 bridgehead atoms. The van der Waals surface area contributed by atoms with E-state index in [0.717, 1.165) is 12.0 Å². The molecule has 0 aliphatic carbocycles. The van der Waals surface area contributed by atoms with E-state index in [2.05, 4.69) is 6.58 Å². The molecule has 0 spiro atoms. The lowest BCUT2D eigenvalue weighted by molar-refractivity contribution is 1.26. The normalized spacial score (nSPS) is 8.92. The van der Waals surface area contributed by atoms with Gasteiger partial charge in [0.15, 0.2) is 0 Å². The van der Waals surface area contributed by atoms with Crippen molar-refractivity contribution in [2.24, 2.45) is 0 Å². The monoisotopic (exact) mass is 156 g/mol. The van der Waals surface area contributed by atoms with E-state index in [9.17, 15) is 0 Å². The fraction of sp³-hybridized carbons (Fsp3) is 0.0909. The standard InChI is InChI=1S/C11H10N/c1-2-4-10-5-3-6-11(9-10)7-8-12/h2-3,5-7,9H,1,4H2. The maximum Gasteiger partial charge on any atom is 0.0912 e. The summed E-state index contributed by atoms with van der Waals surface area (Å²) in [5.41, 5.74) is 2.14. The van der Waals surface area contributed by atoms with E-state index in [0.29, 0.717) is 0 Å². The van der Waals surface area contributed by atoms with E-state index < -0.39 is 0 Å². The molecule has 0 N–H and O–H groups in total. The zero-order chi connectivity index (χ0) is 8.81. The molecule has 59 valence electrons. The van der Waals surface area contributed by atoms with Crippen LogP contribution in [0, 0.1) is 17.8 Å². The SMILES string of the molecule is C=CCc1cccc([CH]C#N)c1. The topological polar surface area (TPSA) is 23.8 Å². The van der Waals surface area contributed by atoms with Crippen LogP contribution in [0.2, 0.25) is 0 Å². The van der Waals surface area contributed by atoms with Crippen LogP contribution in [0.3, 0.4) is 0 Å².